The highest BCUT2D eigenvalue weighted by Gasteiger charge is 2.49. The van der Waals surface area contributed by atoms with Crippen LogP contribution in [-0.4, -0.2) is 266 Å². The first-order valence-electron chi connectivity index (χ1n) is 31.2. The number of benzene rings is 2. The van der Waals surface area contributed by atoms with Crippen molar-refractivity contribution in [3.63, 3.8) is 0 Å². The lowest BCUT2D eigenvalue weighted by atomic mass is 9.93. The number of likely N-dealkylation sites (tertiary alicyclic amines) is 2. The van der Waals surface area contributed by atoms with Gasteiger partial charge in [0.25, 0.3) is 0 Å². The number of rotatable bonds is 22. The fourth-order valence-corrected chi connectivity index (χ4v) is 13.4. The molecule has 2 aromatic carbocycles. The van der Waals surface area contributed by atoms with E-state index in [0.717, 1.165) is 85.2 Å². The molecule has 4 aromatic rings. The van der Waals surface area contributed by atoms with Crippen molar-refractivity contribution in [2.75, 3.05) is 102 Å². The van der Waals surface area contributed by atoms with Crippen LogP contribution >= 0.6 is 47.8 Å². The van der Waals surface area contributed by atoms with Gasteiger partial charge in [-0.2, -0.15) is 7.77 Å². The summed E-state index contributed by atoms with van der Waals surface area (Å²) in [5.74, 6) is 0.633. The number of carbonyl (C=O) groups is 2. The Morgan fingerprint density at radius 2 is 1.03 bits per heavy atom. The second kappa shape index (κ2) is 41.9. The lowest BCUT2D eigenvalue weighted by Crippen LogP contribution is -2.65. The summed E-state index contributed by atoms with van der Waals surface area (Å²) < 4.78 is 41.7. The number of thioether (sulfide) groups is 2. The van der Waals surface area contributed by atoms with Crippen LogP contribution in [0, 0.1) is 11.8 Å². The molecule has 7 heterocycles. The van der Waals surface area contributed by atoms with Crippen molar-refractivity contribution in [3.8, 4) is 22.3 Å². The molecule has 5 saturated heterocycles. The van der Waals surface area contributed by atoms with Crippen LogP contribution in [0.2, 0.25) is 0 Å². The predicted molar refractivity (Wildman–Crippen MR) is 363 cm³/mol. The second-order valence-corrected chi connectivity index (χ2v) is 25.8. The minimum atomic E-state index is -1.43. The van der Waals surface area contributed by atoms with Crippen LogP contribution in [0.25, 0.3) is 22.3 Å². The molecule has 12 N–H and O–H groups in total. The Bertz CT molecular complexity index is 2690. The van der Waals surface area contributed by atoms with E-state index in [4.69, 9.17) is 19.7 Å². The minimum absolute atomic E-state index is 0.0567. The molecule has 9 rings (SSSR count). The number of nitrogens with one attached hydrogen (secondary N) is 3. The number of hydrogen-bond donors (Lipinski definition) is 12. The number of aliphatic hydroxyl groups is 9. The Kier molecular flexibility index (Phi) is 35.9. The Morgan fingerprint density at radius 3 is 1.42 bits per heavy atom. The average Bonchev–Trinajstić information content (AvgIpc) is 0.972. The molecule has 29 heteroatoms. The first kappa shape index (κ1) is 79.6. The van der Waals surface area contributed by atoms with Crippen molar-refractivity contribution in [3.05, 3.63) is 97.6 Å². The van der Waals surface area contributed by atoms with Crippen LogP contribution in [0.1, 0.15) is 52.4 Å². The van der Waals surface area contributed by atoms with Gasteiger partial charge < -0.3 is 85.8 Å². The first-order valence-corrected chi connectivity index (χ1v) is 36.0. The number of hydrogen-bond acceptors (Lipinski definition) is 25. The molecule has 23 nitrogen and oxygen atoms in total. The number of carbonyl (C=O) groups excluding carboxylic acids is 2. The van der Waals surface area contributed by atoms with E-state index >= 15 is 0 Å². The summed E-state index contributed by atoms with van der Waals surface area (Å²) in [6.07, 6.45) is 7.45. The van der Waals surface area contributed by atoms with Crippen LogP contribution in [0.5, 0.6) is 0 Å². The van der Waals surface area contributed by atoms with Crippen molar-refractivity contribution < 1.29 is 82.3 Å². The maximum Gasteiger partial charge on any atom is 0.237 e. The molecular weight excluding hydrogens is 1290 g/mol. The van der Waals surface area contributed by atoms with E-state index < -0.39 is 84.4 Å². The van der Waals surface area contributed by atoms with Gasteiger partial charge in [0.1, 0.15) is 72.9 Å². The first-order chi connectivity index (χ1) is 44.7. The fourth-order valence-electron chi connectivity index (χ4n) is 12.0. The number of likely N-dealkylation sites (N-methyl/N-ethyl adjacent to an activating group) is 2. The van der Waals surface area contributed by atoms with Gasteiger partial charge in [-0.15, -0.1) is 23.5 Å². The third-order valence-corrected chi connectivity index (χ3v) is 18.4. The van der Waals surface area contributed by atoms with E-state index in [0.29, 0.717) is 11.8 Å². The standard InChI is InChI=1S/C30H44N4O6S.C28H40N4O5S.C4H8O4.2CH3FS/c1-4-6-19-15-24(33(2)17-19)29(39)32-23(28-26(37)25(36)27(38)30(40-28)41-3)18-34(13-14-35)22-10-8-20(9-11-22)21-7-5-12-31-16-21;1-4-6-17-13-22(32(2)16-17)27(36)31-21(26-24(34)23(33)25(35)28(37-26)38-3)15-30-20-10-8-18(9-11-20)19-7-5-12-29-14-19;5-3-1-7-4(6)2-8-3;2*1-3-2/h5,7-12,16,19,23-28,30,35-38H,4,6,13-15,17-18H2,1-3H3,(H,32,39);5,7-12,14,17,21-26,28,30,33-35H,4,6,13,15-16H2,1-3H3,(H,31,36);3-6H,1-2H2;2*1H3/t19-,23-,24+,25-,26?,27-,28-,30?;17-,21-,22+,23-,24?,25-,26-,28?;;;/m11.../s1. The molecule has 0 aliphatic carbocycles. The van der Waals surface area contributed by atoms with Gasteiger partial charge in [0.2, 0.25) is 11.8 Å². The highest BCUT2D eigenvalue weighted by molar-refractivity contribution is 7.99. The Morgan fingerprint density at radius 1 is 0.613 bits per heavy atom. The molecule has 522 valence electrons. The van der Waals surface area contributed by atoms with Crippen molar-refractivity contribution in [2.45, 2.75) is 149 Å². The van der Waals surface area contributed by atoms with Gasteiger partial charge in [-0.1, -0.05) is 63.1 Å². The molecule has 93 heavy (non-hydrogen) atoms. The number of amides is 2. The lowest BCUT2D eigenvalue weighted by Gasteiger charge is -2.44. The molecule has 5 aliphatic rings. The van der Waals surface area contributed by atoms with Gasteiger partial charge >= 0.3 is 0 Å². The fraction of sp³-hybridized carbons (Fsp3) is 0.625. The van der Waals surface area contributed by atoms with Crippen LogP contribution in [0.15, 0.2) is 97.6 Å². The minimum Gasteiger partial charge on any atom is -0.395 e. The predicted octanol–water partition coefficient (Wildman–Crippen LogP) is 4.40. The van der Waals surface area contributed by atoms with Crippen LogP contribution in [0.3, 0.4) is 0 Å². The number of aromatic nitrogens is 2. The quantitative estimate of drug-likeness (QED) is 0.0519. The number of halogens is 2. The molecule has 5 aliphatic heterocycles. The summed E-state index contributed by atoms with van der Waals surface area (Å²) in [6.45, 7) is 6.76. The lowest BCUT2D eigenvalue weighted by molar-refractivity contribution is -0.263. The molecule has 2 aromatic heterocycles. The van der Waals surface area contributed by atoms with Gasteiger partial charge in [-0.25, -0.2) is 0 Å². The number of pyridine rings is 2. The zero-order chi connectivity index (χ0) is 68.1. The smallest absolute Gasteiger partial charge is 0.237 e. The molecule has 0 bridgehead atoms. The summed E-state index contributed by atoms with van der Waals surface area (Å²) >= 11 is 2.99. The maximum atomic E-state index is 13.7. The zero-order valence-corrected chi connectivity index (χ0v) is 57.4. The highest BCUT2D eigenvalue weighted by Crippen LogP contribution is 2.34. The van der Waals surface area contributed by atoms with Crippen molar-refractivity contribution in [2.24, 2.45) is 11.8 Å². The third kappa shape index (κ3) is 24.2. The van der Waals surface area contributed by atoms with Crippen molar-refractivity contribution in [1.82, 2.24) is 30.4 Å². The van der Waals surface area contributed by atoms with Gasteiger partial charge in [0, 0.05) is 106 Å². The van der Waals surface area contributed by atoms with Crippen molar-refractivity contribution >= 4 is 71.0 Å². The van der Waals surface area contributed by atoms with Gasteiger partial charge in [-0.3, -0.25) is 29.4 Å². The van der Waals surface area contributed by atoms with E-state index in [9.17, 15) is 53.1 Å². The van der Waals surface area contributed by atoms with E-state index in [1.165, 1.54) is 36.0 Å². The molecule has 6 unspecified atom stereocenters. The normalized spacial score (nSPS) is 29.2. The van der Waals surface area contributed by atoms with E-state index in [2.05, 4.69) is 59.0 Å². The summed E-state index contributed by atoms with van der Waals surface area (Å²) in [5.41, 5.74) is 4.18. The Balaban J connectivity index is 0.000000280. The number of aliphatic hydroxyl groups excluding tert-OH is 9. The number of anilines is 2. The summed E-state index contributed by atoms with van der Waals surface area (Å²) in [7, 11) is 3.92. The van der Waals surface area contributed by atoms with Gasteiger partial charge in [0.05, 0.1) is 30.8 Å². The van der Waals surface area contributed by atoms with Crippen molar-refractivity contribution in [1.29, 1.82) is 0 Å². The molecule has 0 saturated carbocycles. The summed E-state index contributed by atoms with van der Waals surface area (Å²) in [4.78, 5) is 41.5. The maximum absolute atomic E-state index is 13.7. The van der Waals surface area contributed by atoms with Gasteiger partial charge in [-0.05, 0) is 123 Å². The average molecular weight is 1390 g/mol. The monoisotopic (exact) mass is 1380 g/mol. The van der Waals surface area contributed by atoms with E-state index in [1.54, 1.807) is 31.1 Å². The topological polar surface area (TPSA) is 325 Å². The highest BCUT2D eigenvalue weighted by atomic mass is 32.2. The number of ether oxygens (including phenoxy) is 4. The van der Waals surface area contributed by atoms with E-state index in [-0.39, 0.29) is 87.6 Å². The SMILES string of the molecule is CCC[C@@H]1C[C@@H](C(=O)N[C@H](CN(CCO)c2ccc(-c3cccnc3)cc2)[C@H]2OC(SC)[C@H](O)[C@H](O)C2O)N(C)C1.CCC[C@@H]1C[C@@H](C(=O)N[C@H](CNc2ccc(-c3cccnc3)cc2)[C@H]2OC(SC)[C@H](O)[C@H](O)C2O)N(C)C1.CSF.CSF.OC1COC(O)CO1. The number of nitrogens with zero attached hydrogens (tertiary/aromatic N) is 5. The molecular formula is C64H98F2N8O15S4. The summed E-state index contributed by atoms with van der Waals surface area (Å²) in [6, 6.07) is 21.5. The Labute approximate surface area is 563 Å². The largest absolute Gasteiger partial charge is 0.395 e. The molecule has 18 atom stereocenters. The van der Waals surface area contributed by atoms with Crippen LogP contribution in [-0.2, 0) is 28.5 Å². The molecule has 5 fully saturated rings. The molecule has 2 amide bonds. The van der Waals surface area contributed by atoms with Crippen LogP contribution < -0.4 is 20.9 Å². The van der Waals surface area contributed by atoms with Gasteiger partial charge in [0.15, 0.2) is 12.6 Å². The zero-order valence-electron chi connectivity index (χ0n) is 54.1. The van der Waals surface area contributed by atoms with E-state index in [1.807, 2.05) is 98.0 Å². The molecule has 0 spiro atoms. The van der Waals surface area contributed by atoms with Crippen LogP contribution in [0.4, 0.5) is 19.1 Å². The Hall–Kier alpha value is -4.06. The summed E-state index contributed by atoms with van der Waals surface area (Å²) in [5, 5.41) is 101. The third-order valence-electron chi connectivity index (χ3n) is 16.7. The second-order valence-electron chi connectivity index (χ2n) is 23.3. The molecule has 0 radical (unpaired) electrons.